The van der Waals surface area contributed by atoms with Crippen LogP contribution in [0, 0.1) is 0 Å². The summed E-state index contributed by atoms with van der Waals surface area (Å²) in [6.45, 7) is 5.14. The summed E-state index contributed by atoms with van der Waals surface area (Å²) in [4.78, 5) is 14.3. The number of rotatable bonds is 6. The zero-order valence-electron chi connectivity index (χ0n) is 14.7. The maximum Gasteiger partial charge on any atom is 0.251 e. The molecule has 0 saturated heterocycles. The van der Waals surface area contributed by atoms with Gasteiger partial charge < -0.3 is 19.1 Å². The number of methoxy groups -OCH3 is 1. The van der Waals surface area contributed by atoms with Crippen LogP contribution < -0.4 is 19.1 Å². The van der Waals surface area contributed by atoms with Gasteiger partial charge in [0, 0.05) is 18.3 Å². The van der Waals surface area contributed by atoms with Crippen LogP contribution in [0.1, 0.15) is 5.56 Å². The summed E-state index contributed by atoms with van der Waals surface area (Å²) in [5.74, 6) is 1.67. The second-order valence-corrected chi connectivity index (χ2v) is 5.65. The summed E-state index contributed by atoms with van der Waals surface area (Å²) >= 11 is 0. The second-order valence-electron chi connectivity index (χ2n) is 5.65. The number of anilines is 1. The number of carbonyl (C=O) groups is 1. The van der Waals surface area contributed by atoms with Gasteiger partial charge in [-0.2, -0.15) is 0 Å². The van der Waals surface area contributed by atoms with Crippen molar-refractivity contribution in [2.45, 2.75) is 0 Å². The minimum atomic E-state index is -0.134. The first kappa shape index (κ1) is 17.6. The zero-order valence-corrected chi connectivity index (χ0v) is 14.7. The molecular weight excluding hydrogens is 330 g/mol. The molecule has 2 aromatic carbocycles. The minimum Gasteiger partial charge on any atom is -0.493 e. The van der Waals surface area contributed by atoms with Gasteiger partial charge >= 0.3 is 0 Å². The Kier molecular flexibility index (Phi) is 5.59. The molecule has 0 radical (unpaired) electrons. The first-order valence-corrected chi connectivity index (χ1v) is 8.36. The van der Waals surface area contributed by atoms with E-state index in [2.05, 4.69) is 6.58 Å². The van der Waals surface area contributed by atoms with Gasteiger partial charge in [0.05, 0.1) is 7.11 Å². The third-order valence-corrected chi connectivity index (χ3v) is 3.91. The van der Waals surface area contributed by atoms with Gasteiger partial charge in [-0.25, -0.2) is 0 Å². The SMILES string of the molecule is C=CCN(C(=O)/C=C/c1cc(OC)c2c(c1)OCCO2)c1ccccc1. The third-order valence-electron chi connectivity index (χ3n) is 3.91. The summed E-state index contributed by atoms with van der Waals surface area (Å²) < 4.78 is 16.6. The first-order valence-electron chi connectivity index (χ1n) is 8.36. The fraction of sp³-hybridized carbons (Fsp3) is 0.190. The zero-order chi connectivity index (χ0) is 18.4. The van der Waals surface area contributed by atoms with E-state index in [-0.39, 0.29) is 5.91 Å². The van der Waals surface area contributed by atoms with E-state index >= 15 is 0 Å². The van der Waals surface area contributed by atoms with Gasteiger partial charge in [-0.3, -0.25) is 4.79 Å². The molecular formula is C21H21NO4. The average Bonchev–Trinajstić information content (AvgIpc) is 2.70. The van der Waals surface area contributed by atoms with Crippen molar-refractivity contribution < 1.29 is 19.0 Å². The molecule has 0 aromatic heterocycles. The predicted molar refractivity (Wildman–Crippen MR) is 102 cm³/mol. The number of fused-ring (bicyclic) bond motifs is 1. The van der Waals surface area contributed by atoms with E-state index in [9.17, 15) is 4.79 Å². The topological polar surface area (TPSA) is 48.0 Å². The minimum absolute atomic E-state index is 0.134. The Morgan fingerprint density at radius 1 is 1.23 bits per heavy atom. The quantitative estimate of drug-likeness (QED) is 0.588. The molecule has 0 spiro atoms. The van der Waals surface area contributed by atoms with Crippen LogP contribution in [0.2, 0.25) is 0 Å². The molecule has 134 valence electrons. The number of benzene rings is 2. The number of hydrogen-bond acceptors (Lipinski definition) is 4. The summed E-state index contributed by atoms with van der Waals surface area (Å²) in [6, 6.07) is 13.1. The summed E-state index contributed by atoms with van der Waals surface area (Å²) in [5.41, 5.74) is 1.62. The second kappa shape index (κ2) is 8.25. The maximum atomic E-state index is 12.7. The van der Waals surface area contributed by atoms with Gasteiger partial charge in [0.15, 0.2) is 11.5 Å². The van der Waals surface area contributed by atoms with E-state index in [0.29, 0.717) is 37.0 Å². The lowest BCUT2D eigenvalue weighted by molar-refractivity contribution is -0.114. The highest BCUT2D eigenvalue weighted by Gasteiger charge is 2.18. The number of ether oxygens (including phenoxy) is 3. The highest BCUT2D eigenvalue weighted by molar-refractivity contribution is 6.04. The molecule has 0 N–H and O–H groups in total. The molecule has 0 fully saturated rings. The van der Waals surface area contributed by atoms with Gasteiger partial charge in [-0.05, 0) is 35.9 Å². The molecule has 1 aliphatic heterocycles. The Labute approximate surface area is 153 Å². The molecule has 5 nitrogen and oxygen atoms in total. The number of nitrogens with zero attached hydrogens (tertiary/aromatic N) is 1. The highest BCUT2D eigenvalue weighted by Crippen LogP contribution is 2.40. The van der Waals surface area contributed by atoms with E-state index in [1.54, 1.807) is 24.2 Å². The first-order chi connectivity index (χ1) is 12.7. The van der Waals surface area contributed by atoms with Crippen molar-refractivity contribution in [1.29, 1.82) is 0 Å². The smallest absolute Gasteiger partial charge is 0.251 e. The fourth-order valence-corrected chi connectivity index (χ4v) is 2.71. The molecule has 1 aliphatic rings. The number of carbonyl (C=O) groups excluding carboxylic acids is 1. The van der Waals surface area contributed by atoms with Crippen LogP contribution in [0.25, 0.3) is 6.08 Å². The lowest BCUT2D eigenvalue weighted by Gasteiger charge is -2.21. The lowest BCUT2D eigenvalue weighted by Crippen LogP contribution is -2.29. The van der Waals surface area contributed by atoms with Crippen molar-refractivity contribution >= 4 is 17.7 Å². The Hall–Kier alpha value is -3.21. The van der Waals surface area contributed by atoms with Crippen molar-refractivity contribution in [3.8, 4) is 17.2 Å². The Morgan fingerprint density at radius 3 is 2.73 bits per heavy atom. The lowest BCUT2D eigenvalue weighted by atomic mass is 10.1. The number of amides is 1. The summed E-state index contributed by atoms with van der Waals surface area (Å²) in [6.07, 6.45) is 4.97. The van der Waals surface area contributed by atoms with Crippen molar-refractivity contribution in [3.63, 3.8) is 0 Å². The molecule has 2 aromatic rings. The molecule has 26 heavy (non-hydrogen) atoms. The monoisotopic (exact) mass is 351 g/mol. The number of hydrogen-bond donors (Lipinski definition) is 0. The third kappa shape index (κ3) is 3.88. The molecule has 0 unspecified atom stereocenters. The highest BCUT2D eigenvalue weighted by atomic mass is 16.6. The van der Waals surface area contributed by atoms with Gasteiger partial charge in [-0.1, -0.05) is 24.3 Å². The Morgan fingerprint density at radius 2 is 2.00 bits per heavy atom. The van der Waals surface area contributed by atoms with Crippen LogP contribution in [0.3, 0.4) is 0 Å². The van der Waals surface area contributed by atoms with E-state index in [4.69, 9.17) is 14.2 Å². The standard InChI is InChI=1S/C21H21NO4/c1-3-11-22(17-7-5-4-6-8-17)20(23)10-9-16-14-18(24-2)21-19(15-16)25-12-13-26-21/h3-10,14-15H,1,11-13H2,2H3/b10-9+. The average molecular weight is 351 g/mol. The van der Waals surface area contributed by atoms with Gasteiger partial charge in [0.25, 0.3) is 5.91 Å². The van der Waals surface area contributed by atoms with Crippen LogP contribution in [0.4, 0.5) is 5.69 Å². The molecule has 1 amide bonds. The molecule has 0 saturated carbocycles. The number of para-hydroxylation sites is 1. The van der Waals surface area contributed by atoms with Gasteiger partial charge in [0.1, 0.15) is 13.2 Å². The fourth-order valence-electron chi connectivity index (χ4n) is 2.71. The van der Waals surface area contributed by atoms with Crippen LogP contribution in [-0.2, 0) is 4.79 Å². The molecule has 3 rings (SSSR count). The Bertz CT molecular complexity index is 797. The van der Waals surface area contributed by atoms with Gasteiger partial charge in [-0.15, -0.1) is 6.58 Å². The van der Waals surface area contributed by atoms with Crippen molar-refractivity contribution in [1.82, 2.24) is 0 Å². The summed E-state index contributed by atoms with van der Waals surface area (Å²) in [7, 11) is 1.58. The van der Waals surface area contributed by atoms with Crippen LogP contribution in [0.5, 0.6) is 17.2 Å². The van der Waals surface area contributed by atoms with E-state index in [1.165, 1.54) is 6.08 Å². The van der Waals surface area contributed by atoms with E-state index < -0.39 is 0 Å². The Balaban J connectivity index is 1.84. The van der Waals surface area contributed by atoms with E-state index in [1.807, 2.05) is 42.5 Å². The van der Waals surface area contributed by atoms with Gasteiger partial charge in [0.2, 0.25) is 5.75 Å². The normalized spacial score (nSPS) is 12.7. The molecule has 1 heterocycles. The largest absolute Gasteiger partial charge is 0.493 e. The van der Waals surface area contributed by atoms with E-state index in [0.717, 1.165) is 11.3 Å². The van der Waals surface area contributed by atoms with Crippen molar-refractivity contribution in [2.75, 3.05) is 31.8 Å². The van der Waals surface area contributed by atoms with Crippen LogP contribution >= 0.6 is 0 Å². The van der Waals surface area contributed by atoms with Crippen molar-refractivity contribution in [3.05, 3.63) is 66.8 Å². The molecule has 0 atom stereocenters. The molecule has 5 heteroatoms. The van der Waals surface area contributed by atoms with Crippen LogP contribution in [-0.4, -0.2) is 32.8 Å². The van der Waals surface area contributed by atoms with Crippen molar-refractivity contribution in [2.24, 2.45) is 0 Å². The van der Waals surface area contributed by atoms with Crippen LogP contribution in [0.15, 0.2) is 61.2 Å². The maximum absolute atomic E-state index is 12.7. The summed E-state index contributed by atoms with van der Waals surface area (Å²) in [5, 5.41) is 0. The predicted octanol–water partition coefficient (Wildman–Crippen LogP) is 3.70. The molecule has 0 aliphatic carbocycles. The molecule has 0 bridgehead atoms.